The van der Waals surface area contributed by atoms with Gasteiger partial charge in [0, 0.05) is 13.2 Å². The molecule has 0 saturated heterocycles. The van der Waals surface area contributed by atoms with Crippen LogP contribution in [-0.2, 0) is 4.74 Å². The third-order valence-electron chi connectivity index (χ3n) is 4.25. The van der Waals surface area contributed by atoms with Crippen LogP contribution < -0.4 is 5.32 Å². The first-order valence-corrected chi connectivity index (χ1v) is 7.75. The van der Waals surface area contributed by atoms with Gasteiger partial charge < -0.3 is 10.1 Å². The van der Waals surface area contributed by atoms with Gasteiger partial charge in [-0.05, 0) is 24.3 Å². The Morgan fingerprint density at radius 3 is 2.22 bits per heavy atom. The highest BCUT2D eigenvalue weighted by Gasteiger charge is 2.33. The topological polar surface area (TPSA) is 21.3 Å². The first-order chi connectivity index (χ1) is 8.49. The molecule has 0 aliphatic heterocycles. The Labute approximate surface area is 114 Å². The minimum Gasteiger partial charge on any atom is -0.379 e. The van der Waals surface area contributed by atoms with Crippen LogP contribution in [0.2, 0.25) is 0 Å². The molecule has 0 aromatic carbocycles. The molecule has 0 amide bonds. The lowest BCUT2D eigenvalue weighted by molar-refractivity contribution is -0.0177. The molecule has 2 nitrogen and oxygen atoms in total. The van der Waals surface area contributed by atoms with E-state index in [1.54, 1.807) is 0 Å². The van der Waals surface area contributed by atoms with Crippen molar-refractivity contribution in [2.75, 3.05) is 13.7 Å². The summed E-state index contributed by atoms with van der Waals surface area (Å²) in [6, 6.07) is 0.503. The van der Waals surface area contributed by atoms with E-state index in [0.717, 1.165) is 12.5 Å². The van der Waals surface area contributed by atoms with Crippen molar-refractivity contribution in [3.05, 3.63) is 0 Å². The molecule has 1 saturated carbocycles. The van der Waals surface area contributed by atoms with Crippen molar-refractivity contribution in [2.24, 2.45) is 11.3 Å². The van der Waals surface area contributed by atoms with Gasteiger partial charge in [0.15, 0.2) is 0 Å². The quantitative estimate of drug-likeness (QED) is 0.774. The molecule has 1 fully saturated rings. The van der Waals surface area contributed by atoms with Crippen LogP contribution in [-0.4, -0.2) is 25.8 Å². The number of likely N-dealkylation sites (N-methyl/N-ethyl adjacent to an activating group) is 1. The van der Waals surface area contributed by atoms with E-state index in [1.807, 2.05) is 7.11 Å². The van der Waals surface area contributed by atoms with Gasteiger partial charge in [0.1, 0.15) is 0 Å². The van der Waals surface area contributed by atoms with Crippen molar-refractivity contribution < 1.29 is 4.74 Å². The second kappa shape index (κ2) is 7.49. The molecule has 0 aromatic heterocycles. The standard InChI is InChI=1S/C16H33NO/c1-6-17-14(15(18-5)16(2,3)4)12-13-10-8-7-9-11-13/h13-15,17H,6-12H2,1-5H3. The van der Waals surface area contributed by atoms with Crippen molar-refractivity contribution in [1.82, 2.24) is 5.32 Å². The first-order valence-electron chi connectivity index (χ1n) is 7.75. The lowest BCUT2D eigenvalue weighted by atomic mass is 9.78. The van der Waals surface area contributed by atoms with Crippen LogP contribution in [0.3, 0.4) is 0 Å². The Balaban J connectivity index is 2.61. The lowest BCUT2D eigenvalue weighted by Gasteiger charge is -2.38. The van der Waals surface area contributed by atoms with Crippen LogP contribution in [0.5, 0.6) is 0 Å². The molecule has 2 atom stereocenters. The average Bonchev–Trinajstić information content (AvgIpc) is 2.29. The summed E-state index contributed by atoms with van der Waals surface area (Å²) in [4.78, 5) is 0. The highest BCUT2D eigenvalue weighted by atomic mass is 16.5. The molecule has 0 bridgehead atoms. The van der Waals surface area contributed by atoms with Crippen LogP contribution in [0.4, 0.5) is 0 Å². The summed E-state index contributed by atoms with van der Waals surface area (Å²) in [5.41, 5.74) is 0.205. The van der Waals surface area contributed by atoms with Crippen LogP contribution in [0, 0.1) is 11.3 Å². The van der Waals surface area contributed by atoms with Crippen LogP contribution >= 0.6 is 0 Å². The molecule has 108 valence electrons. The molecule has 1 rings (SSSR count). The predicted octanol–water partition coefficient (Wildman–Crippen LogP) is 4.00. The number of nitrogens with one attached hydrogen (secondary N) is 1. The van der Waals surface area contributed by atoms with E-state index in [9.17, 15) is 0 Å². The van der Waals surface area contributed by atoms with Gasteiger partial charge in [-0.15, -0.1) is 0 Å². The SMILES string of the molecule is CCNC(CC1CCCCC1)C(OC)C(C)(C)C. The summed E-state index contributed by atoms with van der Waals surface area (Å²) in [7, 11) is 1.86. The summed E-state index contributed by atoms with van der Waals surface area (Å²) >= 11 is 0. The van der Waals surface area contributed by atoms with Gasteiger partial charge in [-0.25, -0.2) is 0 Å². The molecule has 0 spiro atoms. The largest absolute Gasteiger partial charge is 0.379 e. The molecule has 0 radical (unpaired) electrons. The first kappa shape index (κ1) is 16.0. The maximum absolute atomic E-state index is 5.81. The molecule has 1 N–H and O–H groups in total. The van der Waals surface area contributed by atoms with Crippen LogP contribution in [0.15, 0.2) is 0 Å². The molecule has 18 heavy (non-hydrogen) atoms. The number of rotatable bonds is 6. The third kappa shape index (κ3) is 4.89. The maximum Gasteiger partial charge on any atom is 0.0772 e. The zero-order chi connectivity index (χ0) is 13.6. The van der Waals surface area contributed by atoms with Gasteiger partial charge in [-0.3, -0.25) is 0 Å². The Hall–Kier alpha value is -0.0800. The van der Waals surface area contributed by atoms with E-state index in [1.165, 1.54) is 38.5 Å². The van der Waals surface area contributed by atoms with Gasteiger partial charge in [-0.2, -0.15) is 0 Å². The number of hydrogen-bond acceptors (Lipinski definition) is 2. The Kier molecular flexibility index (Phi) is 6.65. The second-order valence-corrected chi connectivity index (χ2v) is 6.93. The van der Waals surface area contributed by atoms with Crippen molar-refractivity contribution in [1.29, 1.82) is 0 Å². The molecule has 0 heterocycles. The van der Waals surface area contributed by atoms with Crippen LogP contribution in [0.1, 0.15) is 66.2 Å². The van der Waals surface area contributed by atoms with Crippen molar-refractivity contribution in [3.63, 3.8) is 0 Å². The molecular formula is C16H33NO. The number of methoxy groups -OCH3 is 1. The fourth-order valence-electron chi connectivity index (χ4n) is 3.48. The summed E-state index contributed by atoms with van der Waals surface area (Å²) in [6.45, 7) is 10.1. The van der Waals surface area contributed by atoms with E-state index in [4.69, 9.17) is 4.74 Å². The summed E-state index contributed by atoms with van der Waals surface area (Å²) in [5.74, 6) is 0.905. The van der Waals surface area contributed by atoms with E-state index in [-0.39, 0.29) is 5.41 Å². The highest BCUT2D eigenvalue weighted by Crippen LogP contribution is 2.32. The Morgan fingerprint density at radius 1 is 1.17 bits per heavy atom. The van der Waals surface area contributed by atoms with E-state index < -0.39 is 0 Å². The molecule has 2 heteroatoms. The van der Waals surface area contributed by atoms with Gasteiger partial charge in [0.2, 0.25) is 0 Å². The summed E-state index contributed by atoms with van der Waals surface area (Å²) in [6.07, 6.45) is 8.72. The summed E-state index contributed by atoms with van der Waals surface area (Å²) in [5, 5.41) is 3.66. The zero-order valence-corrected chi connectivity index (χ0v) is 13.1. The Bertz CT molecular complexity index is 216. The van der Waals surface area contributed by atoms with Crippen LogP contribution in [0.25, 0.3) is 0 Å². The maximum atomic E-state index is 5.81. The van der Waals surface area contributed by atoms with Crippen molar-refractivity contribution in [2.45, 2.75) is 78.4 Å². The number of hydrogen-bond donors (Lipinski definition) is 1. The second-order valence-electron chi connectivity index (χ2n) is 6.93. The zero-order valence-electron chi connectivity index (χ0n) is 13.1. The minimum absolute atomic E-state index is 0.205. The molecular weight excluding hydrogens is 222 g/mol. The smallest absolute Gasteiger partial charge is 0.0772 e. The van der Waals surface area contributed by atoms with Gasteiger partial charge in [0.25, 0.3) is 0 Å². The average molecular weight is 255 g/mol. The van der Waals surface area contributed by atoms with Gasteiger partial charge in [0.05, 0.1) is 6.10 Å². The van der Waals surface area contributed by atoms with Crippen molar-refractivity contribution in [3.8, 4) is 0 Å². The third-order valence-corrected chi connectivity index (χ3v) is 4.25. The predicted molar refractivity (Wildman–Crippen MR) is 78.9 cm³/mol. The number of ether oxygens (including phenoxy) is 1. The Morgan fingerprint density at radius 2 is 1.78 bits per heavy atom. The molecule has 0 aromatic rings. The van der Waals surface area contributed by atoms with E-state index >= 15 is 0 Å². The normalized spacial score (nSPS) is 21.8. The highest BCUT2D eigenvalue weighted by molar-refractivity contribution is 4.88. The summed E-state index contributed by atoms with van der Waals surface area (Å²) < 4.78 is 5.81. The van der Waals surface area contributed by atoms with Crippen molar-refractivity contribution >= 4 is 0 Å². The fraction of sp³-hybridized carbons (Fsp3) is 1.00. The molecule has 1 aliphatic carbocycles. The van der Waals surface area contributed by atoms with Gasteiger partial charge >= 0.3 is 0 Å². The molecule has 1 aliphatic rings. The van der Waals surface area contributed by atoms with Gasteiger partial charge in [-0.1, -0.05) is 59.8 Å². The van der Waals surface area contributed by atoms with E-state index in [2.05, 4.69) is 33.0 Å². The molecule has 2 unspecified atom stereocenters. The fourth-order valence-corrected chi connectivity index (χ4v) is 3.48. The van der Waals surface area contributed by atoms with E-state index in [0.29, 0.717) is 12.1 Å². The lowest BCUT2D eigenvalue weighted by Crippen LogP contribution is -2.48. The monoisotopic (exact) mass is 255 g/mol. The minimum atomic E-state index is 0.205.